The van der Waals surface area contributed by atoms with Crippen LogP contribution in [0, 0.1) is 17.8 Å². The highest BCUT2D eigenvalue weighted by molar-refractivity contribution is 5.85. The van der Waals surface area contributed by atoms with Crippen LogP contribution in [0.15, 0.2) is 0 Å². The zero-order chi connectivity index (χ0) is 13.0. The van der Waals surface area contributed by atoms with Gasteiger partial charge in [-0.25, -0.2) is 0 Å². The van der Waals surface area contributed by atoms with Crippen molar-refractivity contribution in [3.8, 4) is 0 Å². The third-order valence-corrected chi connectivity index (χ3v) is 4.67. The summed E-state index contributed by atoms with van der Waals surface area (Å²) in [6, 6.07) is 0. The molecule has 0 aromatic heterocycles. The molecular formula is C15H29ClN2O. The van der Waals surface area contributed by atoms with Crippen molar-refractivity contribution in [1.82, 2.24) is 10.2 Å². The van der Waals surface area contributed by atoms with Crippen molar-refractivity contribution >= 4 is 18.3 Å². The number of halogens is 1. The molecule has 2 heterocycles. The van der Waals surface area contributed by atoms with Crippen LogP contribution in [0.2, 0.25) is 0 Å². The van der Waals surface area contributed by atoms with Gasteiger partial charge in [0.05, 0.1) is 5.92 Å². The smallest absolute Gasteiger partial charge is 0.226 e. The van der Waals surface area contributed by atoms with Crippen molar-refractivity contribution in [2.24, 2.45) is 17.8 Å². The van der Waals surface area contributed by atoms with Gasteiger partial charge in [0.2, 0.25) is 5.91 Å². The van der Waals surface area contributed by atoms with E-state index >= 15 is 0 Å². The summed E-state index contributed by atoms with van der Waals surface area (Å²) in [5, 5.41) is 3.35. The second-order valence-electron chi connectivity index (χ2n) is 6.30. The molecule has 0 aromatic rings. The van der Waals surface area contributed by atoms with Crippen molar-refractivity contribution in [3.05, 3.63) is 0 Å². The predicted molar refractivity (Wildman–Crippen MR) is 81.6 cm³/mol. The van der Waals surface area contributed by atoms with Crippen LogP contribution in [0.5, 0.6) is 0 Å². The number of nitrogens with zero attached hydrogens (tertiary/aromatic N) is 1. The molecule has 2 atom stereocenters. The number of piperidine rings is 1. The second-order valence-corrected chi connectivity index (χ2v) is 6.30. The van der Waals surface area contributed by atoms with E-state index in [2.05, 4.69) is 24.1 Å². The summed E-state index contributed by atoms with van der Waals surface area (Å²) in [7, 11) is 0. The molecule has 4 heteroatoms. The van der Waals surface area contributed by atoms with E-state index in [9.17, 15) is 4.79 Å². The topological polar surface area (TPSA) is 32.3 Å². The Hall–Kier alpha value is -0.280. The van der Waals surface area contributed by atoms with Crippen molar-refractivity contribution in [2.75, 3.05) is 26.2 Å². The molecule has 0 radical (unpaired) electrons. The molecule has 19 heavy (non-hydrogen) atoms. The SMILES string of the molecule is CC(C)C1CCCN(C(=O)C2CCCNC2)CC1.Cl. The van der Waals surface area contributed by atoms with Crippen LogP contribution in [-0.4, -0.2) is 37.0 Å². The maximum atomic E-state index is 12.5. The first-order valence-corrected chi connectivity index (χ1v) is 7.68. The Balaban J connectivity index is 0.00000180. The molecule has 3 nitrogen and oxygen atoms in total. The molecule has 0 aliphatic carbocycles. The molecule has 112 valence electrons. The Labute approximate surface area is 123 Å². The van der Waals surface area contributed by atoms with Crippen LogP contribution in [-0.2, 0) is 4.79 Å². The first-order chi connectivity index (χ1) is 8.68. The number of hydrogen-bond donors (Lipinski definition) is 1. The number of carbonyl (C=O) groups excluding carboxylic acids is 1. The van der Waals surface area contributed by atoms with Gasteiger partial charge in [-0.05, 0) is 50.5 Å². The van der Waals surface area contributed by atoms with Gasteiger partial charge in [0.15, 0.2) is 0 Å². The molecule has 2 saturated heterocycles. The lowest BCUT2D eigenvalue weighted by atomic mass is 9.89. The molecule has 2 rings (SSSR count). The minimum absolute atomic E-state index is 0. The second kappa shape index (κ2) is 8.11. The molecule has 2 aliphatic rings. The van der Waals surface area contributed by atoms with Gasteiger partial charge in [-0.15, -0.1) is 12.4 Å². The lowest BCUT2D eigenvalue weighted by Gasteiger charge is -2.29. The maximum Gasteiger partial charge on any atom is 0.226 e. The van der Waals surface area contributed by atoms with Gasteiger partial charge in [0.1, 0.15) is 0 Å². The third kappa shape index (κ3) is 4.64. The van der Waals surface area contributed by atoms with E-state index in [1.54, 1.807) is 0 Å². The summed E-state index contributed by atoms with van der Waals surface area (Å²) in [6.45, 7) is 8.57. The van der Waals surface area contributed by atoms with E-state index in [0.29, 0.717) is 5.91 Å². The van der Waals surface area contributed by atoms with E-state index in [1.807, 2.05) is 0 Å². The predicted octanol–water partition coefficient (Wildman–Crippen LogP) is 2.69. The average molecular weight is 289 g/mol. The van der Waals surface area contributed by atoms with Crippen LogP contribution in [0.4, 0.5) is 0 Å². The molecule has 2 aliphatic heterocycles. The van der Waals surface area contributed by atoms with Crippen molar-refractivity contribution in [1.29, 1.82) is 0 Å². The van der Waals surface area contributed by atoms with Crippen LogP contribution in [0.1, 0.15) is 46.0 Å². The van der Waals surface area contributed by atoms with Crippen molar-refractivity contribution in [3.63, 3.8) is 0 Å². The fraction of sp³-hybridized carbons (Fsp3) is 0.933. The van der Waals surface area contributed by atoms with Crippen LogP contribution in [0.25, 0.3) is 0 Å². The molecule has 0 saturated carbocycles. The van der Waals surface area contributed by atoms with Gasteiger partial charge < -0.3 is 10.2 Å². The Morgan fingerprint density at radius 2 is 1.95 bits per heavy atom. The molecule has 0 aromatic carbocycles. The Kier molecular flexibility index (Phi) is 7.16. The van der Waals surface area contributed by atoms with Gasteiger partial charge in [-0.2, -0.15) is 0 Å². The van der Waals surface area contributed by atoms with Gasteiger partial charge in [0, 0.05) is 19.6 Å². The van der Waals surface area contributed by atoms with Crippen LogP contribution in [0.3, 0.4) is 0 Å². The summed E-state index contributed by atoms with van der Waals surface area (Å²) < 4.78 is 0. The summed E-state index contributed by atoms with van der Waals surface area (Å²) >= 11 is 0. The van der Waals surface area contributed by atoms with Gasteiger partial charge in [0.25, 0.3) is 0 Å². The lowest BCUT2D eigenvalue weighted by Crippen LogP contribution is -2.43. The van der Waals surface area contributed by atoms with E-state index in [4.69, 9.17) is 0 Å². The van der Waals surface area contributed by atoms with E-state index in [1.165, 1.54) is 19.3 Å². The molecule has 2 unspecified atom stereocenters. The fourth-order valence-corrected chi connectivity index (χ4v) is 3.33. The lowest BCUT2D eigenvalue weighted by molar-refractivity contribution is -0.136. The van der Waals surface area contributed by atoms with Crippen molar-refractivity contribution in [2.45, 2.75) is 46.0 Å². The summed E-state index contributed by atoms with van der Waals surface area (Å²) in [5.41, 5.74) is 0. The minimum Gasteiger partial charge on any atom is -0.342 e. The largest absolute Gasteiger partial charge is 0.342 e. The maximum absolute atomic E-state index is 12.5. The summed E-state index contributed by atoms with van der Waals surface area (Å²) in [5.74, 6) is 2.23. The molecule has 0 spiro atoms. The molecular weight excluding hydrogens is 260 g/mol. The normalized spacial score (nSPS) is 28.7. The minimum atomic E-state index is 0. The fourth-order valence-electron chi connectivity index (χ4n) is 3.33. The number of likely N-dealkylation sites (tertiary alicyclic amines) is 1. The Bertz CT molecular complexity index is 277. The Morgan fingerprint density at radius 1 is 1.16 bits per heavy atom. The number of amides is 1. The number of nitrogens with one attached hydrogen (secondary N) is 1. The highest BCUT2D eigenvalue weighted by Gasteiger charge is 2.28. The highest BCUT2D eigenvalue weighted by atomic mass is 35.5. The molecule has 1 N–H and O–H groups in total. The van der Waals surface area contributed by atoms with Gasteiger partial charge in [-0.3, -0.25) is 4.79 Å². The first kappa shape index (κ1) is 16.8. The number of hydrogen-bond acceptors (Lipinski definition) is 2. The quantitative estimate of drug-likeness (QED) is 0.847. The number of carbonyl (C=O) groups is 1. The van der Waals surface area contributed by atoms with Crippen LogP contribution < -0.4 is 5.32 Å². The van der Waals surface area contributed by atoms with E-state index in [0.717, 1.165) is 50.9 Å². The average Bonchev–Trinajstić information content (AvgIpc) is 2.64. The zero-order valence-corrected chi connectivity index (χ0v) is 13.2. The number of rotatable bonds is 2. The first-order valence-electron chi connectivity index (χ1n) is 7.68. The van der Waals surface area contributed by atoms with Gasteiger partial charge in [-0.1, -0.05) is 13.8 Å². The monoisotopic (exact) mass is 288 g/mol. The van der Waals surface area contributed by atoms with E-state index in [-0.39, 0.29) is 18.3 Å². The van der Waals surface area contributed by atoms with Crippen LogP contribution >= 0.6 is 12.4 Å². The molecule has 1 amide bonds. The third-order valence-electron chi connectivity index (χ3n) is 4.67. The Morgan fingerprint density at radius 3 is 2.58 bits per heavy atom. The summed E-state index contributed by atoms with van der Waals surface area (Å²) in [4.78, 5) is 14.6. The van der Waals surface area contributed by atoms with Gasteiger partial charge >= 0.3 is 0 Å². The van der Waals surface area contributed by atoms with Crippen molar-refractivity contribution < 1.29 is 4.79 Å². The standard InChI is InChI=1S/C15H28N2O.ClH/c1-12(2)13-6-4-9-17(10-7-13)15(18)14-5-3-8-16-11-14;/h12-14,16H,3-11H2,1-2H3;1H. The molecule has 2 fully saturated rings. The summed E-state index contributed by atoms with van der Waals surface area (Å²) in [6.07, 6.45) is 5.91. The highest BCUT2D eigenvalue weighted by Crippen LogP contribution is 2.25. The van der Waals surface area contributed by atoms with E-state index < -0.39 is 0 Å². The zero-order valence-electron chi connectivity index (χ0n) is 12.4. The molecule has 0 bridgehead atoms.